The van der Waals surface area contributed by atoms with Gasteiger partial charge < -0.3 is 19.7 Å². The summed E-state index contributed by atoms with van der Waals surface area (Å²) in [6.45, 7) is 5.83. The molecular weight excluding hydrogens is 248 g/mol. The van der Waals surface area contributed by atoms with Crippen LogP contribution in [0.2, 0.25) is 0 Å². The zero-order chi connectivity index (χ0) is 14.8. The number of aliphatic hydroxyl groups is 1. The molecule has 0 fully saturated rings. The summed E-state index contributed by atoms with van der Waals surface area (Å²) in [5, 5.41) is 19.9. The topological polar surface area (TPSA) is 76.0 Å². The number of carbonyl (C=O) groups excluding carboxylic acids is 1. The fourth-order valence-corrected chi connectivity index (χ4v) is 1.81. The van der Waals surface area contributed by atoms with Crippen LogP contribution in [0.5, 0.6) is 11.5 Å². The van der Waals surface area contributed by atoms with Crippen molar-refractivity contribution in [2.24, 2.45) is 0 Å². The van der Waals surface area contributed by atoms with Crippen LogP contribution in [-0.4, -0.2) is 30.4 Å². The van der Waals surface area contributed by atoms with E-state index in [2.05, 4.69) is 4.74 Å². The highest BCUT2D eigenvalue weighted by Gasteiger charge is 2.26. The molecule has 0 radical (unpaired) electrons. The minimum absolute atomic E-state index is 0.00579. The van der Waals surface area contributed by atoms with Crippen LogP contribution in [0.25, 0.3) is 0 Å². The van der Waals surface area contributed by atoms with Gasteiger partial charge in [0.15, 0.2) is 6.10 Å². The van der Waals surface area contributed by atoms with Gasteiger partial charge in [-0.3, -0.25) is 0 Å². The molecule has 19 heavy (non-hydrogen) atoms. The van der Waals surface area contributed by atoms with E-state index in [0.717, 1.165) is 0 Å². The van der Waals surface area contributed by atoms with Crippen molar-refractivity contribution in [1.29, 1.82) is 0 Å². The van der Waals surface area contributed by atoms with E-state index in [1.54, 1.807) is 6.07 Å². The first-order valence-corrected chi connectivity index (χ1v) is 5.89. The summed E-state index contributed by atoms with van der Waals surface area (Å²) in [5.74, 6) is -0.465. The Labute approximate surface area is 112 Å². The number of phenols is 1. The highest BCUT2D eigenvalue weighted by atomic mass is 16.5. The maximum absolute atomic E-state index is 11.4. The predicted octanol–water partition coefficient (Wildman–Crippen LogP) is 1.90. The molecule has 0 saturated carbocycles. The van der Waals surface area contributed by atoms with E-state index in [1.807, 2.05) is 20.8 Å². The van der Waals surface area contributed by atoms with E-state index in [-0.39, 0.29) is 16.7 Å². The number of hydrogen-bond donors (Lipinski definition) is 2. The Morgan fingerprint density at radius 1 is 1.26 bits per heavy atom. The molecule has 0 spiro atoms. The quantitative estimate of drug-likeness (QED) is 0.819. The van der Waals surface area contributed by atoms with E-state index in [1.165, 1.54) is 20.3 Å². The molecule has 0 heterocycles. The lowest BCUT2D eigenvalue weighted by atomic mass is 9.85. The second-order valence-corrected chi connectivity index (χ2v) is 5.29. The zero-order valence-corrected chi connectivity index (χ0v) is 11.9. The summed E-state index contributed by atoms with van der Waals surface area (Å²) in [6.07, 6.45) is -1.49. The van der Waals surface area contributed by atoms with Crippen LogP contribution in [0.1, 0.15) is 38.0 Å². The number of esters is 1. The Hall–Kier alpha value is -1.75. The van der Waals surface area contributed by atoms with Gasteiger partial charge in [-0.25, -0.2) is 4.79 Å². The Morgan fingerprint density at radius 2 is 1.84 bits per heavy atom. The number of methoxy groups -OCH3 is 2. The minimum atomic E-state index is -1.49. The molecule has 5 heteroatoms. The van der Waals surface area contributed by atoms with E-state index in [0.29, 0.717) is 11.3 Å². The highest BCUT2D eigenvalue weighted by molar-refractivity contribution is 5.77. The van der Waals surface area contributed by atoms with Crippen LogP contribution in [-0.2, 0) is 14.9 Å². The Bertz CT molecular complexity index is 473. The molecule has 5 nitrogen and oxygen atoms in total. The predicted molar refractivity (Wildman–Crippen MR) is 70.3 cm³/mol. The van der Waals surface area contributed by atoms with Crippen molar-refractivity contribution in [1.82, 2.24) is 0 Å². The third kappa shape index (κ3) is 3.17. The second-order valence-electron chi connectivity index (χ2n) is 5.29. The number of ether oxygens (including phenoxy) is 2. The monoisotopic (exact) mass is 268 g/mol. The molecule has 0 amide bonds. The summed E-state index contributed by atoms with van der Waals surface area (Å²) in [7, 11) is 2.62. The number of aromatic hydroxyl groups is 1. The van der Waals surface area contributed by atoms with Crippen LogP contribution < -0.4 is 4.74 Å². The van der Waals surface area contributed by atoms with Crippen LogP contribution in [0.4, 0.5) is 0 Å². The van der Waals surface area contributed by atoms with Crippen molar-refractivity contribution in [3.05, 3.63) is 23.3 Å². The fourth-order valence-electron chi connectivity index (χ4n) is 1.81. The van der Waals surface area contributed by atoms with E-state index in [9.17, 15) is 15.0 Å². The van der Waals surface area contributed by atoms with Gasteiger partial charge in [0.25, 0.3) is 0 Å². The van der Waals surface area contributed by atoms with Crippen LogP contribution >= 0.6 is 0 Å². The molecule has 1 aromatic carbocycles. The molecule has 1 unspecified atom stereocenters. The largest absolute Gasteiger partial charge is 0.508 e. The van der Waals surface area contributed by atoms with Gasteiger partial charge in [-0.15, -0.1) is 0 Å². The first-order valence-electron chi connectivity index (χ1n) is 5.89. The lowest BCUT2D eigenvalue weighted by Crippen LogP contribution is -2.16. The minimum Gasteiger partial charge on any atom is -0.508 e. The van der Waals surface area contributed by atoms with Crippen molar-refractivity contribution in [3.63, 3.8) is 0 Å². The lowest BCUT2D eigenvalue weighted by molar-refractivity contribution is -0.150. The molecule has 106 valence electrons. The van der Waals surface area contributed by atoms with E-state index in [4.69, 9.17) is 4.74 Å². The van der Waals surface area contributed by atoms with Crippen molar-refractivity contribution in [3.8, 4) is 11.5 Å². The first kappa shape index (κ1) is 15.3. The SMILES string of the molecule is COC(=O)C(O)c1cc(O)c(C(C)(C)C)cc1OC. The van der Waals surface area contributed by atoms with Gasteiger partial charge in [0.1, 0.15) is 11.5 Å². The Morgan fingerprint density at radius 3 is 2.26 bits per heavy atom. The molecule has 1 atom stereocenters. The van der Waals surface area contributed by atoms with Crippen molar-refractivity contribution >= 4 is 5.97 Å². The molecule has 2 N–H and O–H groups in total. The number of hydrogen-bond acceptors (Lipinski definition) is 5. The van der Waals surface area contributed by atoms with Gasteiger partial charge in [-0.2, -0.15) is 0 Å². The van der Waals surface area contributed by atoms with Gasteiger partial charge in [0, 0.05) is 11.1 Å². The van der Waals surface area contributed by atoms with Crippen molar-refractivity contribution in [2.75, 3.05) is 14.2 Å². The fraction of sp³-hybridized carbons (Fsp3) is 0.500. The van der Waals surface area contributed by atoms with Gasteiger partial charge in [0.2, 0.25) is 0 Å². The second kappa shape index (κ2) is 5.48. The Kier molecular flexibility index (Phi) is 4.42. The smallest absolute Gasteiger partial charge is 0.339 e. The number of benzene rings is 1. The van der Waals surface area contributed by atoms with Crippen molar-refractivity contribution < 1.29 is 24.5 Å². The standard InChI is InChI=1S/C14H20O5/c1-14(2,3)9-7-11(18-4)8(6-10(9)15)12(16)13(17)19-5/h6-7,12,15-16H,1-5H3. The summed E-state index contributed by atoms with van der Waals surface area (Å²) in [5.41, 5.74) is 0.566. The number of phenolic OH excluding ortho intramolecular Hbond substituents is 1. The van der Waals surface area contributed by atoms with Gasteiger partial charge in [-0.05, 0) is 17.5 Å². The third-order valence-electron chi connectivity index (χ3n) is 2.88. The van der Waals surface area contributed by atoms with Crippen molar-refractivity contribution in [2.45, 2.75) is 32.3 Å². The highest BCUT2D eigenvalue weighted by Crippen LogP contribution is 2.38. The summed E-state index contributed by atoms with van der Waals surface area (Å²) < 4.78 is 9.65. The van der Waals surface area contributed by atoms with Gasteiger partial charge in [-0.1, -0.05) is 20.8 Å². The van der Waals surface area contributed by atoms with Gasteiger partial charge in [0.05, 0.1) is 14.2 Å². The molecule has 0 saturated heterocycles. The maximum atomic E-state index is 11.4. The third-order valence-corrected chi connectivity index (χ3v) is 2.88. The molecule has 0 bridgehead atoms. The number of rotatable bonds is 3. The normalized spacial score (nSPS) is 12.9. The van der Waals surface area contributed by atoms with Gasteiger partial charge >= 0.3 is 5.97 Å². The number of carbonyl (C=O) groups is 1. The van der Waals surface area contributed by atoms with E-state index >= 15 is 0 Å². The zero-order valence-electron chi connectivity index (χ0n) is 11.9. The molecule has 1 rings (SSSR count). The summed E-state index contributed by atoms with van der Waals surface area (Å²) >= 11 is 0. The average molecular weight is 268 g/mol. The number of aliphatic hydroxyl groups excluding tert-OH is 1. The lowest BCUT2D eigenvalue weighted by Gasteiger charge is -2.23. The molecular formula is C14H20O5. The molecule has 0 aliphatic rings. The molecule has 1 aromatic rings. The first-order chi connectivity index (χ1) is 8.72. The Balaban J connectivity index is 3.36. The maximum Gasteiger partial charge on any atom is 0.339 e. The molecule has 0 aromatic heterocycles. The average Bonchev–Trinajstić information content (AvgIpc) is 2.35. The summed E-state index contributed by atoms with van der Waals surface area (Å²) in [4.78, 5) is 11.4. The summed E-state index contributed by atoms with van der Waals surface area (Å²) in [6, 6.07) is 2.96. The van der Waals surface area contributed by atoms with Crippen LogP contribution in [0.3, 0.4) is 0 Å². The molecule has 0 aliphatic carbocycles. The van der Waals surface area contributed by atoms with Crippen LogP contribution in [0, 0.1) is 0 Å². The van der Waals surface area contributed by atoms with E-state index < -0.39 is 12.1 Å². The van der Waals surface area contributed by atoms with Crippen LogP contribution in [0.15, 0.2) is 12.1 Å². The molecule has 0 aliphatic heterocycles.